The molecular formula is C12H17BrClN3O. The lowest BCUT2D eigenvalue weighted by molar-refractivity contribution is -0.127. The van der Waals surface area contributed by atoms with Crippen LogP contribution in [-0.4, -0.2) is 43.0 Å². The first-order chi connectivity index (χ1) is 8.45. The summed E-state index contributed by atoms with van der Waals surface area (Å²) < 4.78 is 0.826. The van der Waals surface area contributed by atoms with E-state index < -0.39 is 0 Å². The molecule has 6 heteroatoms. The van der Waals surface area contributed by atoms with Gasteiger partial charge in [0.05, 0.1) is 11.6 Å². The van der Waals surface area contributed by atoms with E-state index in [0.29, 0.717) is 10.8 Å². The van der Waals surface area contributed by atoms with E-state index in [2.05, 4.69) is 27.8 Å². The molecule has 1 heterocycles. The summed E-state index contributed by atoms with van der Waals surface area (Å²) in [5.41, 5.74) is 0. The summed E-state index contributed by atoms with van der Waals surface area (Å²) in [5.74, 6) is 0.682. The molecule has 1 amide bonds. The third-order valence-electron chi connectivity index (χ3n) is 2.41. The number of rotatable bonds is 5. The van der Waals surface area contributed by atoms with Crippen molar-refractivity contribution in [2.75, 3.05) is 32.1 Å². The molecule has 4 nitrogen and oxygen atoms in total. The Labute approximate surface area is 121 Å². The maximum absolute atomic E-state index is 11.8. The number of carbonyl (C=O) groups excluding carboxylic acids is 1. The molecule has 0 aliphatic carbocycles. The number of hydrogen-bond acceptors (Lipinski definition) is 3. The molecular weight excluding hydrogens is 318 g/mol. The predicted molar refractivity (Wildman–Crippen MR) is 78.1 cm³/mol. The van der Waals surface area contributed by atoms with E-state index in [1.54, 1.807) is 31.3 Å². The molecule has 0 saturated heterocycles. The van der Waals surface area contributed by atoms with Gasteiger partial charge >= 0.3 is 0 Å². The van der Waals surface area contributed by atoms with E-state index in [1.807, 2.05) is 4.90 Å². The van der Waals surface area contributed by atoms with Crippen LogP contribution in [0.25, 0.3) is 0 Å². The maximum Gasteiger partial charge on any atom is 0.241 e. The first-order valence-electron chi connectivity index (χ1n) is 5.71. The smallest absolute Gasteiger partial charge is 0.241 e. The molecule has 0 bridgehead atoms. The Morgan fingerprint density at radius 1 is 1.50 bits per heavy atom. The van der Waals surface area contributed by atoms with E-state index in [-0.39, 0.29) is 12.5 Å². The second-order valence-electron chi connectivity index (χ2n) is 4.17. The van der Waals surface area contributed by atoms with Crippen LogP contribution >= 0.6 is 27.5 Å². The molecule has 0 saturated carbocycles. The SMILES string of the molecule is CCCN(CC(=O)N(C)C)c1ncc(Br)cc1Cl. The van der Waals surface area contributed by atoms with Gasteiger partial charge in [-0.15, -0.1) is 0 Å². The summed E-state index contributed by atoms with van der Waals surface area (Å²) in [4.78, 5) is 19.5. The molecule has 0 radical (unpaired) electrons. The van der Waals surface area contributed by atoms with Crippen molar-refractivity contribution in [2.45, 2.75) is 13.3 Å². The second kappa shape index (κ2) is 6.95. The first-order valence-corrected chi connectivity index (χ1v) is 6.89. The van der Waals surface area contributed by atoms with Crippen LogP contribution in [0, 0.1) is 0 Å². The molecule has 0 aromatic carbocycles. The van der Waals surface area contributed by atoms with Crippen molar-refractivity contribution in [3.05, 3.63) is 21.8 Å². The molecule has 0 unspecified atom stereocenters. The monoisotopic (exact) mass is 333 g/mol. The van der Waals surface area contributed by atoms with Gasteiger partial charge in [0.25, 0.3) is 0 Å². The Hall–Kier alpha value is -0.810. The van der Waals surface area contributed by atoms with E-state index in [0.717, 1.165) is 17.4 Å². The largest absolute Gasteiger partial charge is 0.347 e. The van der Waals surface area contributed by atoms with Crippen molar-refractivity contribution in [1.29, 1.82) is 0 Å². The van der Waals surface area contributed by atoms with E-state index >= 15 is 0 Å². The lowest BCUT2D eigenvalue weighted by Gasteiger charge is -2.25. The molecule has 0 fully saturated rings. The normalized spacial score (nSPS) is 10.3. The third kappa shape index (κ3) is 4.14. The zero-order valence-electron chi connectivity index (χ0n) is 10.8. The minimum absolute atomic E-state index is 0.0317. The van der Waals surface area contributed by atoms with Gasteiger partial charge in [-0.1, -0.05) is 18.5 Å². The molecule has 1 rings (SSSR count). The van der Waals surface area contributed by atoms with Gasteiger partial charge in [-0.2, -0.15) is 0 Å². The molecule has 0 aliphatic heterocycles. The summed E-state index contributed by atoms with van der Waals surface area (Å²) >= 11 is 9.48. The Morgan fingerprint density at radius 3 is 2.67 bits per heavy atom. The molecule has 0 atom stereocenters. The van der Waals surface area contributed by atoms with Crippen LogP contribution in [0.5, 0.6) is 0 Å². The zero-order chi connectivity index (χ0) is 13.7. The minimum Gasteiger partial charge on any atom is -0.347 e. The standard InChI is InChI=1S/C12H17BrClN3O/c1-4-5-17(8-11(18)16(2)3)12-10(14)6-9(13)7-15-12/h6-7H,4-5,8H2,1-3H3. The van der Waals surface area contributed by atoms with Crippen molar-refractivity contribution in [1.82, 2.24) is 9.88 Å². The molecule has 18 heavy (non-hydrogen) atoms. The van der Waals surface area contributed by atoms with E-state index in [9.17, 15) is 4.79 Å². The number of amides is 1. The number of hydrogen-bond donors (Lipinski definition) is 0. The van der Waals surface area contributed by atoms with E-state index in [4.69, 9.17) is 11.6 Å². The van der Waals surface area contributed by atoms with Gasteiger partial charge in [-0.3, -0.25) is 4.79 Å². The van der Waals surface area contributed by atoms with Gasteiger partial charge in [0.2, 0.25) is 5.91 Å². The van der Waals surface area contributed by atoms with Crippen molar-refractivity contribution in [3.63, 3.8) is 0 Å². The van der Waals surface area contributed by atoms with Crippen LogP contribution in [0.1, 0.15) is 13.3 Å². The average Bonchev–Trinajstić information content (AvgIpc) is 2.28. The number of pyridine rings is 1. The average molecular weight is 335 g/mol. The Bertz CT molecular complexity index is 426. The highest BCUT2D eigenvalue weighted by Crippen LogP contribution is 2.26. The summed E-state index contributed by atoms with van der Waals surface area (Å²) in [5, 5.41) is 0.546. The van der Waals surface area contributed by atoms with Crippen molar-refractivity contribution < 1.29 is 4.79 Å². The number of carbonyl (C=O) groups is 1. The summed E-state index contributed by atoms with van der Waals surface area (Å²) in [6.45, 7) is 3.09. The van der Waals surface area contributed by atoms with Gasteiger partial charge in [-0.25, -0.2) is 4.98 Å². The molecule has 0 spiro atoms. The molecule has 100 valence electrons. The Balaban J connectivity index is 2.93. The number of likely N-dealkylation sites (N-methyl/N-ethyl adjacent to an activating group) is 1. The van der Waals surface area contributed by atoms with Gasteiger partial charge in [-0.05, 0) is 28.4 Å². The minimum atomic E-state index is 0.0317. The molecule has 0 N–H and O–H groups in total. The van der Waals surface area contributed by atoms with Gasteiger partial charge in [0.1, 0.15) is 5.82 Å². The Morgan fingerprint density at radius 2 is 2.17 bits per heavy atom. The molecule has 0 aliphatic rings. The van der Waals surface area contributed by atoms with Crippen LogP contribution in [-0.2, 0) is 4.79 Å². The van der Waals surface area contributed by atoms with Crippen LogP contribution in [0.4, 0.5) is 5.82 Å². The predicted octanol–water partition coefficient (Wildman–Crippen LogP) is 2.80. The van der Waals surface area contributed by atoms with Gasteiger partial charge in [0.15, 0.2) is 0 Å². The number of halogens is 2. The van der Waals surface area contributed by atoms with E-state index in [1.165, 1.54) is 0 Å². The fraction of sp³-hybridized carbons (Fsp3) is 0.500. The topological polar surface area (TPSA) is 36.4 Å². The highest BCUT2D eigenvalue weighted by molar-refractivity contribution is 9.10. The van der Waals surface area contributed by atoms with Gasteiger partial charge < -0.3 is 9.80 Å². The highest BCUT2D eigenvalue weighted by Gasteiger charge is 2.16. The van der Waals surface area contributed by atoms with Crippen molar-refractivity contribution in [3.8, 4) is 0 Å². The number of nitrogens with zero attached hydrogens (tertiary/aromatic N) is 3. The van der Waals surface area contributed by atoms with Crippen molar-refractivity contribution >= 4 is 39.3 Å². The maximum atomic E-state index is 11.8. The van der Waals surface area contributed by atoms with Gasteiger partial charge in [0, 0.05) is 31.3 Å². The quantitative estimate of drug-likeness (QED) is 0.831. The number of anilines is 1. The molecule has 1 aromatic rings. The fourth-order valence-corrected chi connectivity index (χ4v) is 2.22. The van der Waals surface area contributed by atoms with Crippen LogP contribution in [0.3, 0.4) is 0 Å². The fourth-order valence-electron chi connectivity index (χ4n) is 1.47. The number of aromatic nitrogens is 1. The van der Waals surface area contributed by atoms with Crippen molar-refractivity contribution in [2.24, 2.45) is 0 Å². The van der Waals surface area contributed by atoms with Crippen LogP contribution < -0.4 is 4.90 Å². The second-order valence-corrected chi connectivity index (χ2v) is 5.49. The first kappa shape index (κ1) is 15.2. The molecule has 1 aromatic heterocycles. The summed E-state index contributed by atoms with van der Waals surface area (Å²) in [6, 6.07) is 1.78. The summed E-state index contributed by atoms with van der Waals surface area (Å²) in [6.07, 6.45) is 2.61. The van der Waals surface area contributed by atoms with Crippen LogP contribution in [0.2, 0.25) is 5.02 Å². The van der Waals surface area contributed by atoms with Crippen LogP contribution in [0.15, 0.2) is 16.7 Å². The Kier molecular flexibility index (Phi) is 5.88. The highest BCUT2D eigenvalue weighted by atomic mass is 79.9. The third-order valence-corrected chi connectivity index (χ3v) is 3.12. The summed E-state index contributed by atoms with van der Waals surface area (Å²) in [7, 11) is 3.48. The lowest BCUT2D eigenvalue weighted by Crippen LogP contribution is -2.37. The lowest BCUT2D eigenvalue weighted by atomic mass is 10.3. The zero-order valence-corrected chi connectivity index (χ0v) is 13.1.